The minimum Gasteiger partial charge on any atom is -0.310 e. The van der Waals surface area contributed by atoms with Crippen LogP contribution in [-0.2, 0) is 17.3 Å². The van der Waals surface area contributed by atoms with Crippen molar-refractivity contribution in [2.75, 3.05) is 11.5 Å². The van der Waals surface area contributed by atoms with Crippen LogP contribution in [0.2, 0.25) is 0 Å². The van der Waals surface area contributed by atoms with Crippen LogP contribution in [0.5, 0.6) is 0 Å². The quantitative estimate of drug-likeness (QED) is 0.933. The largest absolute Gasteiger partial charge is 0.310 e. The van der Waals surface area contributed by atoms with Crippen molar-refractivity contribution in [2.45, 2.75) is 25.4 Å². The van der Waals surface area contributed by atoms with Crippen LogP contribution in [0.25, 0.3) is 10.9 Å². The number of aromatic nitrogens is 1. The Labute approximate surface area is 115 Å². The predicted molar refractivity (Wildman–Crippen MR) is 79.5 cm³/mol. The highest BCUT2D eigenvalue weighted by atomic mass is 32.2. The predicted octanol–water partition coefficient (Wildman–Crippen LogP) is 2.24. The van der Waals surface area contributed by atoms with Gasteiger partial charge in [-0.3, -0.25) is 9.19 Å². The first-order valence-corrected chi connectivity index (χ1v) is 8.22. The summed E-state index contributed by atoms with van der Waals surface area (Å²) in [5.74, 6) is 1.69. The van der Waals surface area contributed by atoms with E-state index in [2.05, 4.69) is 34.6 Å². The van der Waals surface area contributed by atoms with E-state index in [0.717, 1.165) is 36.4 Å². The molecule has 2 aromatic rings. The average molecular weight is 274 g/mol. The highest BCUT2D eigenvalue weighted by Crippen LogP contribution is 2.14. The molecule has 0 amide bonds. The number of nitrogens with zero attached hydrogens (tertiary/aromatic N) is 1. The summed E-state index contributed by atoms with van der Waals surface area (Å²) in [6.45, 7) is 0.877. The van der Waals surface area contributed by atoms with Crippen molar-refractivity contribution >= 4 is 21.7 Å². The molecule has 1 aliphatic rings. The van der Waals surface area contributed by atoms with Crippen molar-refractivity contribution in [3.63, 3.8) is 0 Å². The van der Waals surface area contributed by atoms with Crippen molar-refractivity contribution in [1.29, 1.82) is 0 Å². The lowest BCUT2D eigenvalue weighted by Gasteiger charge is -2.22. The highest BCUT2D eigenvalue weighted by Gasteiger charge is 2.16. The lowest BCUT2D eigenvalue weighted by molar-refractivity contribution is 0.475. The van der Waals surface area contributed by atoms with Gasteiger partial charge in [-0.25, -0.2) is 0 Å². The maximum absolute atomic E-state index is 11.3. The third-order valence-corrected chi connectivity index (χ3v) is 5.03. The maximum Gasteiger partial charge on any atom is 0.0702 e. The third-order valence-electron chi connectivity index (χ3n) is 3.65. The molecule has 0 unspecified atom stereocenters. The molecule has 1 aromatic carbocycles. The van der Waals surface area contributed by atoms with Gasteiger partial charge in [-0.1, -0.05) is 12.1 Å². The molecule has 0 spiro atoms. The van der Waals surface area contributed by atoms with Crippen molar-refractivity contribution in [1.82, 2.24) is 10.3 Å². The number of fused-ring (bicyclic) bond motifs is 1. The van der Waals surface area contributed by atoms with Gasteiger partial charge in [0.25, 0.3) is 0 Å². The van der Waals surface area contributed by atoms with Crippen molar-refractivity contribution in [3.8, 4) is 0 Å². The molecule has 0 radical (unpaired) electrons. The van der Waals surface area contributed by atoms with Gasteiger partial charge in [0.2, 0.25) is 0 Å². The van der Waals surface area contributed by atoms with Crippen molar-refractivity contribution in [2.24, 2.45) is 0 Å². The third kappa shape index (κ3) is 3.19. The van der Waals surface area contributed by atoms with Gasteiger partial charge in [0.1, 0.15) is 0 Å². The van der Waals surface area contributed by atoms with Gasteiger partial charge >= 0.3 is 0 Å². The normalized spacial score (nSPS) is 23.6. The highest BCUT2D eigenvalue weighted by molar-refractivity contribution is 7.85. The first kappa shape index (κ1) is 12.8. The fourth-order valence-electron chi connectivity index (χ4n) is 2.50. The Balaban J connectivity index is 1.63. The Morgan fingerprint density at radius 1 is 1.26 bits per heavy atom. The van der Waals surface area contributed by atoms with Crippen LogP contribution in [0, 0.1) is 0 Å². The number of benzene rings is 1. The van der Waals surface area contributed by atoms with Gasteiger partial charge in [-0.15, -0.1) is 0 Å². The molecule has 0 atom stereocenters. The topological polar surface area (TPSA) is 42.0 Å². The maximum atomic E-state index is 11.3. The molecule has 0 bridgehead atoms. The second-order valence-corrected chi connectivity index (χ2v) is 6.73. The Morgan fingerprint density at radius 3 is 2.95 bits per heavy atom. The van der Waals surface area contributed by atoms with E-state index in [0.29, 0.717) is 6.04 Å². The van der Waals surface area contributed by atoms with E-state index in [4.69, 9.17) is 0 Å². The van der Waals surface area contributed by atoms with Gasteiger partial charge in [0.05, 0.1) is 5.52 Å². The fraction of sp³-hybridized carbons (Fsp3) is 0.400. The summed E-state index contributed by atoms with van der Waals surface area (Å²) >= 11 is 0. The van der Waals surface area contributed by atoms with Gasteiger partial charge < -0.3 is 5.32 Å². The SMILES string of the molecule is O=S1CCC(NCc2ccc3ncccc3c2)CC1. The van der Waals surface area contributed by atoms with Crippen LogP contribution in [0.15, 0.2) is 36.5 Å². The van der Waals surface area contributed by atoms with Gasteiger partial charge in [0, 0.05) is 46.5 Å². The number of nitrogens with one attached hydrogen (secondary N) is 1. The second-order valence-electron chi connectivity index (χ2n) is 5.03. The molecule has 0 aliphatic carbocycles. The van der Waals surface area contributed by atoms with Crippen LogP contribution in [-0.4, -0.2) is 26.7 Å². The molecule has 19 heavy (non-hydrogen) atoms. The van der Waals surface area contributed by atoms with Gasteiger partial charge in [-0.05, 0) is 36.6 Å². The summed E-state index contributed by atoms with van der Waals surface area (Å²) in [6, 6.07) is 11.0. The summed E-state index contributed by atoms with van der Waals surface area (Å²) in [7, 11) is -0.576. The first-order chi connectivity index (χ1) is 9.31. The molecule has 0 saturated carbocycles. The Morgan fingerprint density at radius 2 is 2.11 bits per heavy atom. The molecular weight excluding hydrogens is 256 g/mol. The molecule has 1 N–H and O–H groups in total. The van der Waals surface area contributed by atoms with Gasteiger partial charge in [-0.2, -0.15) is 0 Å². The summed E-state index contributed by atoms with van der Waals surface area (Å²) in [5.41, 5.74) is 2.33. The van der Waals surface area contributed by atoms with Crippen LogP contribution in [0.3, 0.4) is 0 Å². The number of hydrogen-bond donors (Lipinski definition) is 1. The van der Waals surface area contributed by atoms with Crippen LogP contribution in [0.1, 0.15) is 18.4 Å². The number of hydrogen-bond acceptors (Lipinski definition) is 3. The standard InChI is InChI=1S/C15H18N2OS/c18-19-8-5-14(6-9-19)17-11-12-3-4-15-13(10-12)2-1-7-16-15/h1-4,7,10,14,17H,5-6,8-9,11H2. The summed E-state index contributed by atoms with van der Waals surface area (Å²) in [6.07, 6.45) is 3.88. The monoisotopic (exact) mass is 274 g/mol. The minimum absolute atomic E-state index is 0.516. The van der Waals surface area contributed by atoms with E-state index in [9.17, 15) is 4.21 Å². The summed E-state index contributed by atoms with van der Waals surface area (Å²) in [5, 5.41) is 4.75. The van der Waals surface area contributed by atoms with Gasteiger partial charge in [0.15, 0.2) is 0 Å². The molecule has 3 nitrogen and oxygen atoms in total. The molecule has 100 valence electrons. The molecule has 3 rings (SSSR count). The van der Waals surface area contributed by atoms with E-state index >= 15 is 0 Å². The average Bonchev–Trinajstić information content (AvgIpc) is 2.46. The Bertz CT molecular complexity index is 589. The zero-order valence-corrected chi connectivity index (χ0v) is 11.7. The molecule has 1 aromatic heterocycles. The fourth-order valence-corrected chi connectivity index (χ4v) is 3.79. The van der Waals surface area contributed by atoms with E-state index < -0.39 is 10.8 Å². The Hall–Kier alpha value is -1.26. The zero-order valence-electron chi connectivity index (χ0n) is 10.8. The zero-order chi connectivity index (χ0) is 13.1. The smallest absolute Gasteiger partial charge is 0.0702 e. The lowest BCUT2D eigenvalue weighted by atomic mass is 10.1. The van der Waals surface area contributed by atoms with Crippen molar-refractivity contribution < 1.29 is 4.21 Å². The lowest BCUT2D eigenvalue weighted by Crippen LogP contribution is -2.35. The van der Waals surface area contributed by atoms with Crippen LogP contribution < -0.4 is 5.32 Å². The van der Waals surface area contributed by atoms with Crippen LogP contribution in [0.4, 0.5) is 0 Å². The number of rotatable bonds is 3. The van der Waals surface area contributed by atoms with E-state index in [1.807, 2.05) is 12.3 Å². The summed E-state index contributed by atoms with van der Waals surface area (Å²) < 4.78 is 11.3. The molecule has 4 heteroatoms. The Kier molecular flexibility index (Phi) is 3.89. The molecular formula is C15H18N2OS. The molecule has 1 fully saturated rings. The molecule has 2 heterocycles. The van der Waals surface area contributed by atoms with E-state index in [1.54, 1.807) is 0 Å². The molecule has 1 saturated heterocycles. The summed E-state index contributed by atoms with van der Waals surface area (Å²) in [4.78, 5) is 4.33. The van der Waals surface area contributed by atoms with Crippen molar-refractivity contribution in [3.05, 3.63) is 42.1 Å². The van der Waals surface area contributed by atoms with E-state index in [-0.39, 0.29) is 0 Å². The first-order valence-electron chi connectivity index (χ1n) is 6.73. The second kappa shape index (κ2) is 5.80. The number of pyridine rings is 1. The van der Waals surface area contributed by atoms with Crippen LogP contribution >= 0.6 is 0 Å². The minimum atomic E-state index is -0.576. The van der Waals surface area contributed by atoms with E-state index in [1.165, 1.54) is 10.9 Å². The molecule has 1 aliphatic heterocycles.